The second-order valence-electron chi connectivity index (χ2n) is 4.43. The van der Waals surface area contributed by atoms with E-state index in [0.717, 1.165) is 5.56 Å². The molecule has 1 atom stereocenters. The molecule has 1 saturated heterocycles. The maximum atomic E-state index is 13.1. The molecule has 1 unspecified atom stereocenters. The summed E-state index contributed by atoms with van der Waals surface area (Å²) in [5, 5.41) is 2.61. The van der Waals surface area contributed by atoms with E-state index in [9.17, 15) is 14.0 Å². The van der Waals surface area contributed by atoms with Crippen LogP contribution in [0, 0.1) is 5.82 Å². The van der Waals surface area contributed by atoms with Gasteiger partial charge in [0.05, 0.1) is 0 Å². The van der Waals surface area contributed by atoms with Crippen molar-refractivity contribution in [1.29, 1.82) is 0 Å². The van der Waals surface area contributed by atoms with Crippen LogP contribution < -0.4 is 5.32 Å². The van der Waals surface area contributed by atoms with Crippen LogP contribution in [0.25, 0.3) is 0 Å². The van der Waals surface area contributed by atoms with E-state index in [1.54, 1.807) is 24.0 Å². The van der Waals surface area contributed by atoms with Crippen molar-refractivity contribution in [2.45, 2.75) is 25.9 Å². The Balaban J connectivity index is 2.12. The molecule has 5 heteroatoms. The standard InChI is InChI=1S/C13H15FN2O2/c1-9-13(18)16(6-5-12(17)15-9)8-10-3-2-4-11(14)7-10/h2-4,7,9H,5-6,8H2,1H3,(H,15,17). The van der Waals surface area contributed by atoms with Crippen molar-refractivity contribution in [3.63, 3.8) is 0 Å². The Morgan fingerprint density at radius 3 is 2.94 bits per heavy atom. The van der Waals surface area contributed by atoms with E-state index in [1.807, 2.05) is 0 Å². The molecule has 1 aliphatic rings. The summed E-state index contributed by atoms with van der Waals surface area (Å²) in [7, 11) is 0. The smallest absolute Gasteiger partial charge is 0.245 e. The molecule has 2 rings (SSSR count). The predicted molar refractivity (Wildman–Crippen MR) is 64.0 cm³/mol. The van der Waals surface area contributed by atoms with Crippen LogP contribution in [0.1, 0.15) is 18.9 Å². The van der Waals surface area contributed by atoms with Gasteiger partial charge in [0.1, 0.15) is 11.9 Å². The zero-order valence-electron chi connectivity index (χ0n) is 10.1. The zero-order valence-corrected chi connectivity index (χ0v) is 10.1. The Hall–Kier alpha value is -1.91. The van der Waals surface area contributed by atoms with Crippen LogP contribution in [0.15, 0.2) is 24.3 Å². The van der Waals surface area contributed by atoms with Crippen LogP contribution in [0.4, 0.5) is 4.39 Å². The average Bonchev–Trinajstić information content (AvgIpc) is 2.43. The van der Waals surface area contributed by atoms with Gasteiger partial charge in [-0.25, -0.2) is 4.39 Å². The molecule has 96 valence electrons. The maximum Gasteiger partial charge on any atom is 0.245 e. The van der Waals surface area contributed by atoms with Crippen molar-refractivity contribution in [2.75, 3.05) is 6.54 Å². The van der Waals surface area contributed by atoms with Crippen molar-refractivity contribution in [3.8, 4) is 0 Å². The fraction of sp³-hybridized carbons (Fsp3) is 0.385. The minimum atomic E-state index is -0.520. The van der Waals surface area contributed by atoms with Gasteiger partial charge < -0.3 is 10.2 Å². The van der Waals surface area contributed by atoms with E-state index in [2.05, 4.69) is 5.32 Å². The first-order chi connectivity index (χ1) is 8.56. The normalized spacial score (nSPS) is 20.6. The lowest BCUT2D eigenvalue weighted by Gasteiger charge is -2.22. The molecule has 0 spiro atoms. The van der Waals surface area contributed by atoms with Gasteiger partial charge in [-0.2, -0.15) is 0 Å². The van der Waals surface area contributed by atoms with Gasteiger partial charge in [-0.3, -0.25) is 9.59 Å². The molecule has 0 aromatic heterocycles. The summed E-state index contributed by atoms with van der Waals surface area (Å²) in [4.78, 5) is 24.9. The lowest BCUT2D eigenvalue weighted by atomic mass is 10.2. The summed E-state index contributed by atoms with van der Waals surface area (Å²) in [6.07, 6.45) is 0.283. The molecule has 1 aliphatic heterocycles. The second-order valence-corrected chi connectivity index (χ2v) is 4.43. The molecule has 1 aromatic rings. The fourth-order valence-electron chi connectivity index (χ4n) is 2.01. The maximum absolute atomic E-state index is 13.1. The number of carbonyl (C=O) groups is 2. The highest BCUT2D eigenvalue weighted by molar-refractivity contribution is 5.89. The third-order valence-electron chi connectivity index (χ3n) is 2.93. The summed E-state index contributed by atoms with van der Waals surface area (Å²) in [5.41, 5.74) is 0.727. The van der Waals surface area contributed by atoms with Crippen LogP contribution in [-0.2, 0) is 16.1 Å². The number of halogens is 1. The van der Waals surface area contributed by atoms with Gasteiger partial charge in [0, 0.05) is 19.5 Å². The summed E-state index contributed by atoms with van der Waals surface area (Å²) in [6.45, 7) is 2.35. The summed E-state index contributed by atoms with van der Waals surface area (Å²) >= 11 is 0. The highest BCUT2D eigenvalue weighted by atomic mass is 19.1. The van der Waals surface area contributed by atoms with Crippen molar-refractivity contribution < 1.29 is 14.0 Å². The first-order valence-corrected chi connectivity index (χ1v) is 5.89. The molecule has 0 radical (unpaired) electrons. The summed E-state index contributed by atoms with van der Waals surface area (Å²) in [5.74, 6) is -0.584. The van der Waals surface area contributed by atoms with Gasteiger partial charge in [0.15, 0.2) is 0 Å². The average molecular weight is 250 g/mol. The van der Waals surface area contributed by atoms with E-state index >= 15 is 0 Å². The topological polar surface area (TPSA) is 49.4 Å². The molecule has 0 aliphatic carbocycles. The molecule has 0 bridgehead atoms. The Labute approximate surface area is 105 Å². The van der Waals surface area contributed by atoms with Gasteiger partial charge in [0.2, 0.25) is 11.8 Å². The van der Waals surface area contributed by atoms with Crippen LogP contribution >= 0.6 is 0 Å². The first-order valence-electron chi connectivity index (χ1n) is 5.89. The van der Waals surface area contributed by atoms with Gasteiger partial charge in [-0.1, -0.05) is 12.1 Å². The van der Waals surface area contributed by atoms with Crippen LogP contribution in [0.5, 0.6) is 0 Å². The minimum Gasteiger partial charge on any atom is -0.345 e. The highest BCUT2D eigenvalue weighted by Gasteiger charge is 2.26. The molecule has 18 heavy (non-hydrogen) atoms. The largest absolute Gasteiger partial charge is 0.345 e. The van der Waals surface area contributed by atoms with Crippen molar-refractivity contribution >= 4 is 11.8 Å². The summed E-state index contributed by atoms with van der Waals surface area (Å²) in [6, 6.07) is 5.62. The van der Waals surface area contributed by atoms with Crippen LogP contribution in [0.3, 0.4) is 0 Å². The van der Waals surface area contributed by atoms with E-state index < -0.39 is 6.04 Å². The Morgan fingerprint density at radius 2 is 2.22 bits per heavy atom. The van der Waals surface area contributed by atoms with Crippen molar-refractivity contribution in [3.05, 3.63) is 35.6 Å². The molecule has 1 fully saturated rings. The van der Waals surface area contributed by atoms with Crippen molar-refractivity contribution in [2.24, 2.45) is 0 Å². The van der Waals surface area contributed by atoms with E-state index in [4.69, 9.17) is 0 Å². The second kappa shape index (κ2) is 5.16. The number of hydrogen-bond acceptors (Lipinski definition) is 2. The number of carbonyl (C=O) groups excluding carboxylic acids is 2. The zero-order chi connectivity index (χ0) is 13.1. The predicted octanol–water partition coefficient (Wildman–Crippen LogP) is 1.06. The molecule has 0 saturated carbocycles. The quantitative estimate of drug-likeness (QED) is 0.853. The van der Waals surface area contributed by atoms with Crippen LogP contribution in [-0.4, -0.2) is 29.3 Å². The Bertz CT molecular complexity index is 476. The van der Waals surface area contributed by atoms with Gasteiger partial charge in [-0.15, -0.1) is 0 Å². The van der Waals surface area contributed by atoms with Gasteiger partial charge >= 0.3 is 0 Å². The van der Waals surface area contributed by atoms with Crippen LogP contribution in [0.2, 0.25) is 0 Å². The number of rotatable bonds is 2. The fourth-order valence-corrected chi connectivity index (χ4v) is 2.01. The summed E-state index contributed by atoms with van der Waals surface area (Å²) < 4.78 is 13.1. The molecule has 1 heterocycles. The number of nitrogens with one attached hydrogen (secondary N) is 1. The van der Waals surface area contributed by atoms with E-state index in [1.165, 1.54) is 12.1 Å². The third-order valence-corrected chi connectivity index (χ3v) is 2.93. The highest BCUT2D eigenvalue weighted by Crippen LogP contribution is 2.11. The van der Waals surface area contributed by atoms with Gasteiger partial charge in [0.25, 0.3) is 0 Å². The number of nitrogens with zero attached hydrogens (tertiary/aromatic N) is 1. The molecule has 4 nitrogen and oxygen atoms in total. The first kappa shape index (κ1) is 12.5. The third kappa shape index (κ3) is 2.85. The SMILES string of the molecule is CC1NC(=O)CCN(Cc2cccc(F)c2)C1=O. The molecular weight excluding hydrogens is 235 g/mol. The Morgan fingerprint density at radius 1 is 1.44 bits per heavy atom. The lowest BCUT2D eigenvalue weighted by Crippen LogP contribution is -2.42. The van der Waals surface area contributed by atoms with E-state index in [-0.39, 0.29) is 24.1 Å². The number of amides is 2. The van der Waals surface area contributed by atoms with E-state index in [0.29, 0.717) is 13.1 Å². The lowest BCUT2D eigenvalue weighted by molar-refractivity contribution is -0.133. The van der Waals surface area contributed by atoms with Gasteiger partial charge in [-0.05, 0) is 24.6 Å². The van der Waals surface area contributed by atoms with Crippen molar-refractivity contribution in [1.82, 2.24) is 10.2 Å². The Kier molecular flexibility index (Phi) is 3.60. The molecule has 2 amide bonds. The minimum absolute atomic E-state index is 0.127. The number of benzene rings is 1. The molecule has 1 aromatic carbocycles. The monoisotopic (exact) mass is 250 g/mol. The molecular formula is C13H15FN2O2. The molecule has 1 N–H and O–H groups in total. The number of hydrogen-bond donors (Lipinski definition) is 1.